The number of hydrogen-bond donors (Lipinski definition) is 2. The van der Waals surface area contributed by atoms with Crippen molar-refractivity contribution >= 4 is 11.9 Å². The van der Waals surface area contributed by atoms with Crippen LogP contribution in [0.25, 0.3) is 0 Å². The van der Waals surface area contributed by atoms with E-state index in [0.29, 0.717) is 12.2 Å². The Hall–Kier alpha value is -2.83. The van der Waals surface area contributed by atoms with Crippen molar-refractivity contribution in [2.45, 2.75) is 19.4 Å². The summed E-state index contributed by atoms with van der Waals surface area (Å²) in [5.74, 6) is -1.15. The summed E-state index contributed by atoms with van der Waals surface area (Å²) < 4.78 is 6.76. The summed E-state index contributed by atoms with van der Waals surface area (Å²) in [6.07, 6.45) is 2.35. The van der Waals surface area contributed by atoms with Crippen molar-refractivity contribution in [1.82, 2.24) is 15.1 Å². The van der Waals surface area contributed by atoms with Crippen molar-refractivity contribution in [3.63, 3.8) is 0 Å². The number of aromatic nitrogens is 2. The maximum Gasteiger partial charge on any atom is 0.335 e. The normalized spacial score (nSPS) is 11.8. The summed E-state index contributed by atoms with van der Waals surface area (Å²) in [6.45, 7) is 1.95. The molecule has 0 saturated heterocycles. The van der Waals surface area contributed by atoms with E-state index in [1.54, 1.807) is 17.9 Å². The molecule has 0 bridgehead atoms. The highest BCUT2D eigenvalue weighted by atomic mass is 16.5. The van der Waals surface area contributed by atoms with Crippen molar-refractivity contribution in [2.24, 2.45) is 7.05 Å². The Morgan fingerprint density at radius 3 is 2.57 bits per heavy atom. The van der Waals surface area contributed by atoms with E-state index in [0.717, 1.165) is 5.69 Å². The van der Waals surface area contributed by atoms with E-state index >= 15 is 0 Å². The molecule has 23 heavy (non-hydrogen) atoms. The number of nitrogens with zero attached hydrogens (tertiary/aromatic N) is 2. The van der Waals surface area contributed by atoms with Crippen LogP contribution >= 0.6 is 0 Å². The average molecular weight is 317 g/mol. The van der Waals surface area contributed by atoms with Crippen molar-refractivity contribution in [3.05, 3.63) is 47.3 Å². The van der Waals surface area contributed by atoms with Gasteiger partial charge in [-0.15, -0.1) is 0 Å². The van der Waals surface area contributed by atoms with Gasteiger partial charge in [0.1, 0.15) is 5.75 Å². The molecule has 1 unspecified atom stereocenters. The van der Waals surface area contributed by atoms with Gasteiger partial charge in [0.05, 0.1) is 24.4 Å². The fourth-order valence-corrected chi connectivity index (χ4v) is 2.32. The van der Waals surface area contributed by atoms with Gasteiger partial charge < -0.3 is 15.2 Å². The van der Waals surface area contributed by atoms with E-state index in [-0.39, 0.29) is 23.1 Å². The molecule has 7 heteroatoms. The van der Waals surface area contributed by atoms with Crippen LogP contribution in [0.5, 0.6) is 5.75 Å². The molecule has 1 heterocycles. The van der Waals surface area contributed by atoms with Gasteiger partial charge in [0, 0.05) is 18.8 Å². The van der Waals surface area contributed by atoms with Gasteiger partial charge in [-0.25, -0.2) is 4.79 Å². The third-order valence-corrected chi connectivity index (χ3v) is 3.58. The third-order valence-electron chi connectivity index (χ3n) is 3.58. The summed E-state index contributed by atoms with van der Waals surface area (Å²) in [5, 5.41) is 16.1. The number of carboxylic acids is 1. The molecule has 0 fully saturated rings. The lowest BCUT2D eigenvalue weighted by Crippen LogP contribution is -2.29. The van der Waals surface area contributed by atoms with Crippen LogP contribution in [0.1, 0.15) is 45.8 Å². The Morgan fingerprint density at radius 1 is 1.35 bits per heavy atom. The van der Waals surface area contributed by atoms with E-state index in [1.165, 1.54) is 25.3 Å². The van der Waals surface area contributed by atoms with Crippen molar-refractivity contribution < 1.29 is 19.4 Å². The number of benzene rings is 1. The van der Waals surface area contributed by atoms with E-state index < -0.39 is 5.97 Å². The van der Waals surface area contributed by atoms with Gasteiger partial charge >= 0.3 is 5.97 Å². The Labute approximate surface area is 133 Å². The van der Waals surface area contributed by atoms with Crippen LogP contribution in [0.4, 0.5) is 0 Å². The van der Waals surface area contributed by atoms with Crippen molar-refractivity contribution in [3.8, 4) is 5.75 Å². The second kappa shape index (κ2) is 6.95. The molecular formula is C16H19N3O4. The Bertz CT molecular complexity index is 724. The molecule has 1 amide bonds. The van der Waals surface area contributed by atoms with Crippen molar-refractivity contribution in [2.75, 3.05) is 7.11 Å². The molecule has 0 aliphatic heterocycles. The quantitative estimate of drug-likeness (QED) is 0.850. The monoisotopic (exact) mass is 317 g/mol. The summed E-state index contributed by atoms with van der Waals surface area (Å²) in [7, 11) is 3.23. The maximum absolute atomic E-state index is 12.5. The van der Waals surface area contributed by atoms with E-state index in [9.17, 15) is 9.59 Å². The van der Waals surface area contributed by atoms with Crippen LogP contribution in [-0.4, -0.2) is 33.9 Å². The second-order valence-corrected chi connectivity index (χ2v) is 5.07. The minimum atomic E-state index is -1.11. The van der Waals surface area contributed by atoms with E-state index in [4.69, 9.17) is 9.84 Å². The minimum Gasteiger partial charge on any atom is -0.497 e. The summed E-state index contributed by atoms with van der Waals surface area (Å²) in [6, 6.07) is 5.84. The largest absolute Gasteiger partial charge is 0.497 e. The van der Waals surface area contributed by atoms with Crippen LogP contribution in [0.2, 0.25) is 0 Å². The van der Waals surface area contributed by atoms with Gasteiger partial charge in [-0.1, -0.05) is 6.92 Å². The Balaban J connectivity index is 2.27. The maximum atomic E-state index is 12.5. The molecule has 0 aliphatic carbocycles. The number of nitrogens with one attached hydrogen (secondary N) is 1. The van der Waals surface area contributed by atoms with Crippen molar-refractivity contribution in [1.29, 1.82) is 0 Å². The Morgan fingerprint density at radius 2 is 2.04 bits per heavy atom. The highest BCUT2D eigenvalue weighted by Crippen LogP contribution is 2.20. The molecule has 2 rings (SSSR count). The molecule has 0 saturated carbocycles. The number of aryl methyl sites for hydroxylation is 1. The Kier molecular flexibility index (Phi) is 5.00. The first-order valence-corrected chi connectivity index (χ1v) is 7.17. The molecule has 1 aromatic carbocycles. The smallest absolute Gasteiger partial charge is 0.335 e. The molecule has 122 valence electrons. The number of hydrogen-bond acceptors (Lipinski definition) is 4. The number of amides is 1. The lowest BCUT2D eigenvalue weighted by molar-refractivity contribution is 0.0696. The molecule has 1 atom stereocenters. The number of ether oxygens (including phenoxy) is 1. The molecule has 2 aromatic rings. The molecular weight excluding hydrogens is 298 g/mol. The summed E-state index contributed by atoms with van der Waals surface area (Å²) >= 11 is 0. The zero-order valence-corrected chi connectivity index (χ0v) is 13.2. The van der Waals surface area contributed by atoms with Gasteiger partial charge in [-0.3, -0.25) is 9.48 Å². The fraction of sp³-hybridized carbons (Fsp3) is 0.312. The fourth-order valence-electron chi connectivity index (χ4n) is 2.32. The first kappa shape index (κ1) is 16.5. The number of rotatable bonds is 6. The highest BCUT2D eigenvalue weighted by Gasteiger charge is 2.18. The van der Waals surface area contributed by atoms with Crippen LogP contribution < -0.4 is 10.1 Å². The number of methoxy groups -OCH3 is 1. The standard InChI is InChI=1S/C16H19N3O4/c1-4-13(14-5-6-17-19(14)2)18-15(20)10-7-11(16(21)22)9-12(8-10)23-3/h5-9,13H,4H2,1-3H3,(H,18,20)(H,21,22). The molecule has 1 aromatic heterocycles. The molecule has 0 spiro atoms. The van der Waals surface area contributed by atoms with Crippen LogP contribution in [0.3, 0.4) is 0 Å². The lowest BCUT2D eigenvalue weighted by Gasteiger charge is -2.17. The topological polar surface area (TPSA) is 93.4 Å². The van der Waals surface area contributed by atoms with Crippen LogP contribution in [0.15, 0.2) is 30.5 Å². The van der Waals surface area contributed by atoms with Gasteiger partial charge in [-0.05, 0) is 30.7 Å². The SMILES string of the molecule is CCC(NC(=O)c1cc(OC)cc(C(=O)O)c1)c1ccnn1C. The first-order valence-electron chi connectivity index (χ1n) is 7.17. The van der Waals surface area contributed by atoms with E-state index in [1.807, 2.05) is 13.0 Å². The summed E-state index contributed by atoms with van der Waals surface area (Å²) in [5.41, 5.74) is 1.12. The number of carbonyl (C=O) groups is 2. The molecule has 2 N–H and O–H groups in total. The number of carbonyl (C=O) groups excluding carboxylic acids is 1. The zero-order valence-electron chi connectivity index (χ0n) is 13.2. The molecule has 0 aliphatic rings. The van der Waals surface area contributed by atoms with Gasteiger partial charge in [0.2, 0.25) is 0 Å². The number of carboxylic acid groups (broad SMARTS) is 1. The summed E-state index contributed by atoms with van der Waals surface area (Å²) in [4.78, 5) is 23.6. The predicted octanol–water partition coefficient (Wildman–Crippen LogP) is 2.01. The second-order valence-electron chi connectivity index (χ2n) is 5.07. The average Bonchev–Trinajstić information content (AvgIpc) is 2.97. The van der Waals surface area contributed by atoms with Crippen LogP contribution in [-0.2, 0) is 7.05 Å². The molecule has 7 nitrogen and oxygen atoms in total. The predicted molar refractivity (Wildman–Crippen MR) is 83.7 cm³/mol. The van der Waals surface area contributed by atoms with Gasteiger partial charge in [0.25, 0.3) is 5.91 Å². The van der Waals surface area contributed by atoms with E-state index in [2.05, 4.69) is 10.4 Å². The molecule has 0 radical (unpaired) electrons. The first-order chi connectivity index (χ1) is 11.0. The highest BCUT2D eigenvalue weighted by molar-refractivity contribution is 5.98. The third kappa shape index (κ3) is 3.68. The van der Waals surface area contributed by atoms with Crippen LogP contribution in [0, 0.1) is 0 Å². The minimum absolute atomic E-state index is 0.00285. The lowest BCUT2D eigenvalue weighted by atomic mass is 10.1. The number of aromatic carboxylic acids is 1. The van der Waals surface area contributed by atoms with Gasteiger partial charge in [-0.2, -0.15) is 5.10 Å². The zero-order chi connectivity index (χ0) is 17.0. The van der Waals surface area contributed by atoms with Gasteiger partial charge in [0.15, 0.2) is 0 Å².